The minimum Gasteiger partial charge on any atom is -0.457 e. The van der Waals surface area contributed by atoms with E-state index in [2.05, 4.69) is 23.2 Å². The average Bonchev–Trinajstić information content (AvgIpc) is 2.56. The molecule has 0 aliphatic carbocycles. The van der Waals surface area contributed by atoms with Crippen LogP contribution in [0.1, 0.15) is 29.3 Å². The molecule has 1 heterocycles. The monoisotopic (exact) mass is 354 g/mol. The van der Waals surface area contributed by atoms with Crippen LogP contribution in [0.25, 0.3) is 0 Å². The fourth-order valence-corrected chi connectivity index (χ4v) is 2.95. The van der Waals surface area contributed by atoms with Crippen LogP contribution >= 0.6 is 11.6 Å². The van der Waals surface area contributed by atoms with Gasteiger partial charge in [0.2, 0.25) is 0 Å². The summed E-state index contributed by atoms with van der Waals surface area (Å²) in [4.78, 5) is 11.1. The molecule has 0 amide bonds. The smallest absolute Gasteiger partial charge is 0.264 e. The van der Waals surface area contributed by atoms with E-state index in [9.17, 15) is 4.79 Å². The fraction of sp³-hybridized carbons (Fsp3) is 0.200. The molecule has 3 aromatic rings. The van der Waals surface area contributed by atoms with E-state index in [1.54, 1.807) is 12.1 Å². The summed E-state index contributed by atoms with van der Waals surface area (Å²) in [6.45, 7) is 4.08. The number of aryl methyl sites for hydroxylation is 2. The number of benzene rings is 2. The number of rotatable bonds is 5. The van der Waals surface area contributed by atoms with E-state index < -0.39 is 0 Å². The molecule has 0 fully saturated rings. The second kappa shape index (κ2) is 7.53. The van der Waals surface area contributed by atoms with E-state index in [0.29, 0.717) is 17.2 Å². The van der Waals surface area contributed by atoms with Crippen molar-refractivity contribution in [3.8, 4) is 11.5 Å². The van der Waals surface area contributed by atoms with Gasteiger partial charge in [0.05, 0.1) is 5.69 Å². The third-order valence-corrected chi connectivity index (χ3v) is 4.03. The average molecular weight is 355 g/mol. The summed E-state index contributed by atoms with van der Waals surface area (Å²) in [6.07, 6.45) is 1.52. The molecule has 0 radical (unpaired) electrons. The Hall–Kier alpha value is -2.59. The standard InChI is InChI=1S/C20H19ClN2O2/c1-3-14-8-15(9-17-4-5-20(24)23-22-17)11-19(10-14)25-18-7-13(2)6-16(21)12-18/h4-8,10-12H,3,9H2,1-2H3,(H,23,24). The molecule has 0 spiro atoms. The zero-order valence-corrected chi connectivity index (χ0v) is 14.9. The van der Waals surface area contributed by atoms with Gasteiger partial charge in [-0.3, -0.25) is 4.79 Å². The summed E-state index contributed by atoms with van der Waals surface area (Å²) < 4.78 is 6.02. The number of aromatic amines is 1. The van der Waals surface area contributed by atoms with Gasteiger partial charge in [-0.05, 0) is 66.4 Å². The second-order valence-corrected chi connectivity index (χ2v) is 6.43. The minimum absolute atomic E-state index is 0.202. The lowest BCUT2D eigenvalue weighted by atomic mass is 10.0. The van der Waals surface area contributed by atoms with Crippen molar-refractivity contribution >= 4 is 11.6 Å². The molecule has 0 atom stereocenters. The lowest BCUT2D eigenvalue weighted by Gasteiger charge is -2.11. The first-order valence-corrected chi connectivity index (χ1v) is 8.52. The minimum atomic E-state index is -0.202. The van der Waals surface area contributed by atoms with Crippen molar-refractivity contribution < 1.29 is 4.74 Å². The van der Waals surface area contributed by atoms with E-state index in [0.717, 1.165) is 29.0 Å². The highest BCUT2D eigenvalue weighted by atomic mass is 35.5. The lowest BCUT2D eigenvalue weighted by Crippen LogP contribution is -2.07. The van der Waals surface area contributed by atoms with E-state index >= 15 is 0 Å². The molecule has 1 aromatic heterocycles. The molecule has 25 heavy (non-hydrogen) atoms. The number of H-pyrrole nitrogens is 1. The lowest BCUT2D eigenvalue weighted by molar-refractivity contribution is 0.481. The predicted molar refractivity (Wildman–Crippen MR) is 99.7 cm³/mol. The van der Waals surface area contributed by atoms with Crippen LogP contribution in [-0.4, -0.2) is 10.2 Å². The molecule has 3 rings (SSSR count). The quantitative estimate of drug-likeness (QED) is 0.724. The SMILES string of the molecule is CCc1cc(Cc2ccc(=O)[nH]n2)cc(Oc2cc(C)cc(Cl)c2)c1. The van der Waals surface area contributed by atoms with Gasteiger partial charge < -0.3 is 4.74 Å². The number of aromatic nitrogens is 2. The van der Waals surface area contributed by atoms with Crippen LogP contribution in [-0.2, 0) is 12.8 Å². The molecule has 0 unspecified atom stereocenters. The Balaban J connectivity index is 1.88. The van der Waals surface area contributed by atoms with Crippen LogP contribution < -0.4 is 10.3 Å². The molecule has 2 aromatic carbocycles. The molecule has 5 heteroatoms. The Kier molecular flexibility index (Phi) is 5.19. The number of ether oxygens (including phenoxy) is 1. The summed E-state index contributed by atoms with van der Waals surface area (Å²) in [5, 5.41) is 7.19. The van der Waals surface area contributed by atoms with Crippen LogP contribution in [0.15, 0.2) is 53.3 Å². The largest absolute Gasteiger partial charge is 0.457 e. The molecule has 0 aliphatic heterocycles. The first-order valence-electron chi connectivity index (χ1n) is 8.14. The van der Waals surface area contributed by atoms with Crippen LogP contribution in [0.5, 0.6) is 11.5 Å². The summed E-state index contributed by atoms with van der Waals surface area (Å²) >= 11 is 6.11. The fourth-order valence-electron chi connectivity index (χ4n) is 2.67. The summed E-state index contributed by atoms with van der Waals surface area (Å²) in [5.41, 5.74) is 3.90. The van der Waals surface area contributed by atoms with E-state index in [4.69, 9.17) is 16.3 Å². The summed E-state index contributed by atoms with van der Waals surface area (Å²) in [7, 11) is 0. The molecule has 0 bridgehead atoms. The molecular formula is C20H19ClN2O2. The third-order valence-electron chi connectivity index (χ3n) is 3.81. The Bertz CT molecular complexity index is 910. The van der Waals surface area contributed by atoms with Gasteiger partial charge in [0.1, 0.15) is 11.5 Å². The molecule has 4 nitrogen and oxygen atoms in total. The summed E-state index contributed by atoms with van der Waals surface area (Å²) in [5.74, 6) is 1.48. The van der Waals surface area contributed by atoms with Gasteiger partial charge in [0.25, 0.3) is 5.56 Å². The maximum Gasteiger partial charge on any atom is 0.264 e. The zero-order valence-electron chi connectivity index (χ0n) is 14.2. The first kappa shape index (κ1) is 17.2. The van der Waals surface area contributed by atoms with Gasteiger partial charge in [-0.1, -0.05) is 24.6 Å². The molecule has 128 valence electrons. The highest BCUT2D eigenvalue weighted by Crippen LogP contribution is 2.28. The highest BCUT2D eigenvalue weighted by molar-refractivity contribution is 6.30. The molecular weight excluding hydrogens is 336 g/mol. The zero-order chi connectivity index (χ0) is 17.8. The van der Waals surface area contributed by atoms with Crippen molar-refractivity contribution in [2.24, 2.45) is 0 Å². The maximum atomic E-state index is 11.1. The Morgan fingerprint density at radius 1 is 1.04 bits per heavy atom. The van der Waals surface area contributed by atoms with Gasteiger partial charge in [-0.2, -0.15) is 5.10 Å². The number of nitrogens with one attached hydrogen (secondary N) is 1. The van der Waals surface area contributed by atoms with Gasteiger partial charge in [0.15, 0.2) is 0 Å². The molecule has 0 aliphatic rings. The number of hydrogen-bond donors (Lipinski definition) is 1. The van der Waals surface area contributed by atoms with Crippen molar-refractivity contribution in [1.29, 1.82) is 0 Å². The molecule has 1 N–H and O–H groups in total. The normalized spacial score (nSPS) is 10.7. The topological polar surface area (TPSA) is 55.0 Å². The van der Waals surface area contributed by atoms with Crippen LogP contribution in [0.3, 0.4) is 0 Å². The maximum absolute atomic E-state index is 11.1. The van der Waals surface area contributed by atoms with E-state index in [1.165, 1.54) is 11.6 Å². The Morgan fingerprint density at radius 3 is 2.48 bits per heavy atom. The Labute approximate surface area is 151 Å². The van der Waals surface area contributed by atoms with Crippen molar-refractivity contribution in [3.05, 3.63) is 86.3 Å². The van der Waals surface area contributed by atoms with Gasteiger partial charge >= 0.3 is 0 Å². The second-order valence-electron chi connectivity index (χ2n) is 5.99. The van der Waals surface area contributed by atoms with Gasteiger partial charge in [-0.15, -0.1) is 0 Å². The number of halogens is 1. The van der Waals surface area contributed by atoms with Crippen LogP contribution in [0, 0.1) is 6.92 Å². The highest BCUT2D eigenvalue weighted by Gasteiger charge is 2.06. The Morgan fingerprint density at radius 2 is 1.80 bits per heavy atom. The van der Waals surface area contributed by atoms with Crippen molar-refractivity contribution in [1.82, 2.24) is 10.2 Å². The van der Waals surface area contributed by atoms with Crippen molar-refractivity contribution in [2.75, 3.05) is 0 Å². The third kappa shape index (κ3) is 4.70. The van der Waals surface area contributed by atoms with Crippen molar-refractivity contribution in [3.63, 3.8) is 0 Å². The van der Waals surface area contributed by atoms with E-state index in [-0.39, 0.29) is 5.56 Å². The summed E-state index contributed by atoms with van der Waals surface area (Å²) in [6, 6.07) is 15.0. The molecule has 0 saturated carbocycles. The number of hydrogen-bond acceptors (Lipinski definition) is 3. The van der Waals surface area contributed by atoms with Crippen LogP contribution in [0.2, 0.25) is 5.02 Å². The first-order chi connectivity index (χ1) is 12.0. The van der Waals surface area contributed by atoms with Gasteiger partial charge in [0, 0.05) is 17.5 Å². The van der Waals surface area contributed by atoms with E-state index in [1.807, 2.05) is 31.2 Å². The van der Waals surface area contributed by atoms with Crippen LogP contribution in [0.4, 0.5) is 0 Å². The molecule has 0 saturated heterocycles. The predicted octanol–water partition coefficient (Wildman–Crippen LogP) is 4.68. The van der Waals surface area contributed by atoms with Crippen molar-refractivity contribution in [2.45, 2.75) is 26.7 Å². The number of nitrogens with zero attached hydrogens (tertiary/aromatic N) is 1. The van der Waals surface area contributed by atoms with Gasteiger partial charge in [-0.25, -0.2) is 5.10 Å².